The third kappa shape index (κ3) is 8.14. The molecule has 0 saturated carbocycles. The lowest BCUT2D eigenvalue weighted by molar-refractivity contribution is -0.145. The van der Waals surface area contributed by atoms with Gasteiger partial charge in [-0.15, -0.1) is 0 Å². The average molecular weight is 542 g/mol. The second-order valence-corrected chi connectivity index (χ2v) is 8.48. The molecule has 0 heterocycles. The van der Waals surface area contributed by atoms with Crippen LogP contribution in [0.4, 0.5) is 21.9 Å². The number of carbonyl (C=O) groups excluding carboxylic acids is 4. The van der Waals surface area contributed by atoms with Gasteiger partial charge in [-0.25, -0.2) is 23.6 Å². The Morgan fingerprint density at radius 1 is 0.811 bits per heavy atom. The number of rotatable bonds is 8. The zero-order valence-electron chi connectivity index (χ0n) is 19.3. The molecule has 0 aliphatic heterocycles. The first-order chi connectivity index (χ1) is 17.1. The van der Waals surface area contributed by atoms with Gasteiger partial charge in [-0.1, -0.05) is 13.2 Å². The molecule has 0 saturated heterocycles. The maximum absolute atomic E-state index is 14.0. The van der Waals surface area contributed by atoms with Crippen molar-refractivity contribution < 1.29 is 55.2 Å². The molecule has 0 N–H and O–H groups in total. The van der Waals surface area contributed by atoms with E-state index in [9.17, 15) is 36.2 Å². The van der Waals surface area contributed by atoms with Crippen LogP contribution in [-0.4, -0.2) is 34.7 Å². The van der Waals surface area contributed by atoms with Crippen molar-refractivity contribution >= 4 is 39.9 Å². The molecule has 8 nitrogen and oxygen atoms in total. The number of hydrogen-bond acceptors (Lipinski definition) is 8. The molecule has 0 fully saturated rings. The molecule has 0 spiro atoms. The Bertz CT molecular complexity index is 1330. The number of alkyl halides is 1. The summed E-state index contributed by atoms with van der Waals surface area (Å²) in [5, 5.41) is -1.36. The van der Waals surface area contributed by atoms with Crippen molar-refractivity contribution in [1.82, 2.24) is 0 Å². The van der Waals surface area contributed by atoms with Crippen LogP contribution in [0.25, 0.3) is 11.1 Å². The Kier molecular flexibility index (Phi) is 9.12. The van der Waals surface area contributed by atoms with Crippen LogP contribution in [0.2, 0.25) is 0 Å². The molecule has 0 radical (unpaired) electrons. The standard InChI is InChI=1S/C24H18F4O8S/c1-12(25)20(29)33-16-8-14(9-17(10-16)34-22(31)24(3,4)27)18-7-6-15(35-23(32)37(5)28)11-19(18)36-21(30)13(2)26/h6-11H,1-2,5H2,3-4H3. The Morgan fingerprint density at radius 2 is 1.35 bits per heavy atom. The van der Waals surface area contributed by atoms with Gasteiger partial charge in [-0.2, -0.15) is 12.7 Å². The Hall–Kier alpha value is -4.26. The smallest absolute Gasteiger partial charge is 0.396 e. The van der Waals surface area contributed by atoms with Crippen LogP contribution >= 0.6 is 10.9 Å². The molecule has 1 atom stereocenters. The van der Waals surface area contributed by atoms with E-state index in [1.165, 1.54) is 0 Å². The maximum atomic E-state index is 14.0. The third-order valence-electron chi connectivity index (χ3n) is 4.08. The van der Waals surface area contributed by atoms with Gasteiger partial charge in [0.25, 0.3) is 0 Å². The lowest BCUT2D eigenvalue weighted by Gasteiger charge is -2.16. The first kappa shape index (κ1) is 29.0. The fraction of sp³-hybridized carbons (Fsp3) is 0.125. The van der Waals surface area contributed by atoms with E-state index in [0.29, 0.717) is 0 Å². The van der Waals surface area contributed by atoms with Gasteiger partial charge >= 0.3 is 23.2 Å². The van der Waals surface area contributed by atoms with E-state index in [1.54, 1.807) is 0 Å². The molecule has 0 aliphatic rings. The van der Waals surface area contributed by atoms with Gasteiger partial charge in [0.15, 0.2) is 0 Å². The average Bonchev–Trinajstić information content (AvgIpc) is 2.78. The summed E-state index contributed by atoms with van der Waals surface area (Å²) in [5.74, 6) is -6.07. The predicted octanol–water partition coefficient (Wildman–Crippen LogP) is 5.87. The first-order valence-electron chi connectivity index (χ1n) is 9.84. The molecule has 0 aromatic heterocycles. The molecule has 0 bridgehead atoms. The van der Waals surface area contributed by atoms with E-state index in [4.69, 9.17) is 18.9 Å². The van der Waals surface area contributed by atoms with Crippen LogP contribution in [0.3, 0.4) is 0 Å². The van der Waals surface area contributed by atoms with Crippen LogP contribution in [0.15, 0.2) is 61.2 Å². The molecular formula is C24H18F4O8S. The highest BCUT2D eigenvalue weighted by Crippen LogP contribution is 2.39. The minimum atomic E-state index is -2.51. The van der Waals surface area contributed by atoms with Gasteiger partial charge in [0.05, 0.1) is 10.9 Å². The number of halogens is 4. The monoisotopic (exact) mass is 542 g/mol. The van der Waals surface area contributed by atoms with Gasteiger partial charge in [-0.3, -0.25) is 0 Å². The van der Waals surface area contributed by atoms with Crippen molar-refractivity contribution in [1.29, 1.82) is 0 Å². The molecule has 13 heteroatoms. The number of carbonyl (C=O) groups is 4. The quantitative estimate of drug-likeness (QED) is 0.134. The summed E-state index contributed by atoms with van der Waals surface area (Å²) in [4.78, 5) is 47.1. The second kappa shape index (κ2) is 11.6. The molecule has 0 amide bonds. The van der Waals surface area contributed by atoms with E-state index >= 15 is 0 Å². The molecule has 37 heavy (non-hydrogen) atoms. The molecule has 2 rings (SSSR count). The van der Waals surface area contributed by atoms with E-state index in [-0.39, 0.29) is 22.6 Å². The van der Waals surface area contributed by atoms with E-state index < -0.39 is 62.9 Å². The van der Waals surface area contributed by atoms with Crippen molar-refractivity contribution in [2.75, 3.05) is 0 Å². The van der Waals surface area contributed by atoms with Crippen LogP contribution in [0.1, 0.15) is 13.8 Å². The third-order valence-corrected chi connectivity index (χ3v) is 4.52. The van der Waals surface area contributed by atoms with E-state index in [1.807, 2.05) is 0 Å². The highest BCUT2D eigenvalue weighted by Gasteiger charge is 2.29. The van der Waals surface area contributed by atoms with Gasteiger partial charge in [-0.05, 0) is 49.5 Å². The van der Waals surface area contributed by atoms with Crippen LogP contribution in [-0.2, 0) is 14.4 Å². The van der Waals surface area contributed by atoms with E-state index in [2.05, 4.69) is 19.0 Å². The van der Waals surface area contributed by atoms with Gasteiger partial charge < -0.3 is 18.9 Å². The van der Waals surface area contributed by atoms with Crippen LogP contribution in [0, 0.1) is 0 Å². The summed E-state index contributed by atoms with van der Waals surface area (Å²) >= 11 is 0. The number of hydrogen-bond donors (Lipinski definition) is 0. The van der Waals surface area contributed by atoms with Crippen LogP contribution < -0.4 is 18.9 Å². The summed E-state index contributed by atoms with van der Waals surface area (Å²) in [6.07, 6.45) is 0. The Labute approximate surface area is 210 Å². The predicted molar refractivity (Wildman–Crippen MR) is 126 cm³/mol. The highest BCUT2D eigenvalue weighted by molar-refractivity contribution is 8.22. The fourth-order valence-corrected chi connectivity index (χ4v) is 2.61. The summed E-state index contributed by atoms with van der Waals surface area (Å²) in [5.41, 5.74) is -2.57. The maximum Gasteiger partial charge on any atom is 0.396 e. The summed E-state index contributed by atoms with van der Waals surface area (Å²) < 4.78 is 73.1. The minimum absolute atomic E-state index is 0.0539. The molecule has 196 valence electrons. The van der Waals surface area contributed by atoms with Crippen molar-refractivity contribution in [2.24, 2.45) is 0 Å². The normalized spacial score (nSPS) is 11.6. The second-order valence-electron chi connectivity index (χ2n) is 7.48. The van der Waals surface area contributed by atoms with Crippen molar-refractivity contribution in [2.45, 2.75) is 19.5 Å². The minimum Gasteiger partial charge on any atom is -0.424 e. The first-order valence-corrected chi connectivity index (χ1v) is 11.1. The zero-order chi connectivity index (χ0) is 28.1. The number of ether oxygens (including phenoxy) is 4. The van der Waals surface area contributed by atoms with Crippen molar-refractivity contribution in [3.63, 3.8) is 0 Å². The van der Waals surface area contributed by atoms with Gasteiger partial charge in [0.2, 0.25) is 17.3 Å². The van der Waals surface area contributed by atoms with E-state index in [0.717, 1.165) is 50.2 Å². The Balaban J connectivity index is 2.68. The van der Waals surface area contributed by atoms with Gasteiger partial charge in [0, 0.05) is 17.7 Å². The Morgan fingerprint density at radius 3 is 1.86 bits per heavy atom. The number of esters is 3. The molecular weight excluding hydrogens is 524 g/mol. The largest absolute Gasteiger partial charge is 0.424 e. The molecule has 0 aliphatic carbocycles. The molecule has 2 aromatic rings. The van der Waals surface area contributed by atoms with Crippen molar-refractivity contribution in [3.05, 3.63) is 61.2 Å². The topological polar surface area (TPSA) is 105 Å². The zero-order valence-corrected chi connectivity index (χ0v) is 20.1. The summed E-state index contributed by atoms with van der Waals surface area (Å²) in [6, 6.07) is 6.36. The fourth-order valence-electron chi connectivity index (χ4n) is 2.42. The summed E-state index contributed by atoms with van der Waals surface area (Å²) in [7, 11) is -2.51. The molecule has 2 aromatic carbocycles. The number of benzene rings is 2. The SMILES string of the molecule is C=C(F)C(=O)Oc1cc(OC(=O)C(C)(C)F)cc(-c2ccc(OC(=O)S(=C)F)cc2OC(=O)C(=C)F)c1. The highest BCUT2D eigenvalue weighted by atomic mass is 32.2. The van der Waals surface area contributed by atoms with Crippen molar-refractivity contribution in [3.8, 4) is 34.1 Å². The summed E-state index contributed by atoms with van der Waals surface area (Å²) in [6.45, 7) is 7.44. The lowest BCUT2D eigenvalue weighted by Crippen LogP contribution is -2.30. The lowest BCUT2D eigenvalue weighted by atomic mass is 10.0. The van der Waals surface area contributed by atoms with Crippen LogP contribution in [0.5, 0.6) is 23.0 Å². The molecule has 1 unspecified atom stereocenters. The van der Waals surface area contributed by atoms with Gasteiger partial charge in [0.1, 0.15) is 23.0 Å².